The summed E-state index contributed by atoms with van der Waals surface area (Å²) in [4.78, 5) is 54.0. The minimum absolute atomic E-state index is 0.00932. The normalized spacial score (nSPS) is 10.6. The van der Waals surface area contributed by atoms with Crippen molar-refractivity contribution in [2.24, 2.45) is 0 Å². The predicted molar refractivity (Wildman–Crippen MR) is 133 cm³/mol. The van der Waals surface area contributed by atoms with Gasteiger partial charge in [-0.3, -0.25) is 23.9 Å². The number of benzene rings is 2. The van der Waals surface area contributed by atoms with Crippen LogP contribution in [-0.4, -0.2) is 27.8 Å². The molecule has 1 amide bonds. The van der Waals surface area contributed by atoms with Crippen LogP contribution in [-0.2, 0) is 17.9 Å². The Bertz CT molecular complexity index is 1280. The smallest absolute Gasteiger partial charge is 0.330 e. The Kier molecular flexibility index (Phi) is 8.02. The highest BCUT2D eigenvalue weighted by Gasteiger charge is 2.22. The molecule has 1 heterocycles. The number of aromatic amines is 1. The third-order valence-corrected chi connectivity index (χ3v) is 5.40. The summed E-state index contributed by atoms with van der Waals surface area (Å²) < 4.78 is 1.32. The highest BCUT2D eigenvalue weighted by molar-refractivity contribution is 6.04. The van der Waals surface area contributed by atoms with Gasteiger partial charge in [0.1, 0.15) is 11.5 Å². The lowest BCUT2D eigenvalue weighted by Gasteiger charge is -2.26. The number of para-hydroxylation sites is 1. The van der Waals surface area contributed by atoms with E-state index >= 15 is 0 Å². The SMILES string of the molecule is CCCCn1c(N)c(N(CC(=O)Nc2ccccc2C(C)=O)Cc2ccccc2)c(=O)[nH]c1=O. The van der Waals surface area contributed by atoms with E-state index in [1.807, 2.05) is 37.3 Å². The molecular weight excluding hydrogens is 434 g/mol. The summed E-state index contributed by atoms with van der Waals surface area (Å²) in [6, 6.07) is 16.0. The van der Waals surface area contributed by atoms with Gasteiger partial charge in [0, 0.05) is 18.7 Å². The van der Waals surface area contributed by atoms with Gasteiger partial charge < -0.3 is 16.0 Å². The number of amides is 1. The van der Waals surface area contributed by atoms with Crippen molar-refractivity contribution in [3.63, 3.8) is 0 Å². The molecule has 0 saturated carbocycles. The number of aromatic nitrogens is 2. The summed E-state index contributed by atoms with van der Waals surface area (Å²) in [6.07, 6.45) is 1.54. The zero-order valence-corrected chi connectivity index (χ0v) is 19.3. The molecule has 0 unspecified atom stereocenters. The second-order valence-electron chi connectivity index (χ2n) is 7.99. The van der Waals surface area contributed by atoms with E-state index in [-0.39, 0.29) is 30.4 Å². The highest BCUT2D eigenvalue weighted by Crippen LogP contribution is 2.21. The average molecular weight is 464 g/mol. The predicted octanol–water partition coefficient (Wildman–Crippen LogP) is 2.77. The number of H-pyrrole nitrogens is 1. The Balaban J connectivity index is 1.99. The first-order valence-corrected chi connectivity index (χ1v) is 11.1. The average Bonchev–Trinajstić information content (AvgIpc) is 2.79. The zero-order valence-electron chi connectivity index (χ0n) is 19.3. The van der Waals surface area contributed by atoms with Gasteiger partial charge in [-0.15, -0.1) is 0 Å². The Labute approximate surface area is 197 Å². The van der Waals surface area contributed by atoms with E-state index in [0.29, 0.717) is 24.2 Å². The lowest BCUT2D eigenvalue weighted by Crippen LogP contribution is -2.41. The first-order valence-electron chi connectivity index (χ1n) is 11.1. The number of carbonyl (C=O) groups is 2. The summed E-state index contributed by atoms with van der Waals surface area (Å²) in [5.74, 6) is -0.606. The fourth-order valence-corrected chi connectivity index (χ4v) is 3.70. The number of hydrogen-bond donors (Lipinski definition) is 3. The van der Waals surface area contributed by atoms with Gasteiger partial charge in [-0.1, -0.05) is 55.8 Å². The number of nitrogen functional groups attached to an aromatic ring is 1. The van der Waals surface area contributed by atoms with E-state index in [2.05, 4.69) is 10.3 Å². The molecule has 34 heavy (non-hydrogen) atoms. The molecule has 178 valence electrons. The van der Waals surface area contributed by atoms with Gasteiger partial charge in [0.05, 0.1) is 12.2 Å². The number of carbonyl (C=O) groups excluding carboxylic acids is 2. The van der Waals surface area contributed by atoms with Crippen LogP contribution in [0.25, 0.3) is 0 Å². The zero-order chi connectivity index (χ0) is 24.7. The van der Waals surface area contributed by atoms with Gasteiger partial charge in [0.15, 0.2) is 5.78 Å². The van der Waals surface area contributed by atoms with Gasteiger partial charge in [0.2, 0.25) is 5.91 Å². The van der Waals surface area contributed by atoms with Crippen LogP contribution in [0.5, 0.6) is 0 Å². The molecule has 0 aliphatic heterocycles. The van der Waals surface area contributed by atoms with E-state index < -0.39 is 17.2 Å². The van der Waals surface area contributed by atoms with Gasteiger partial charge in [-0.25, -0.2) is 4.79 Å². The van der Waals surface area contributed by atoms with Crippen molar-refractivity contribution in [2.45, 2.75) is 39.8 Å². The van der Waals surface area contributed by atoms with Crippen LogP contribution in [0.4, 0.5) is 17.2 Å². The molecule has 1 aromatic heterocycles. The minimum atomic E-state index is -0.664. The first-order chi connectivity index (χ1) is 16.3. The second-order valence-corrected chi connectivity index (χ2v) is 7.99. The molecule has 0 atom stereocenters. The topological polar surface area (TPSA) is 130 Å². The summed E-state index contributed by atoms with van der Waals surface area (Å²) in [7, 11) is 0. The fraction of sp³-hybridized carbons (Fsp3) is 0.280. The lowest BCUT2D eigenvalue weighted by molar-refractivity contribution is -0.115. The Morgan fingerprint density at radius 3 is 2.41 bits per heavy atom. The Morgan fingerprint density at radius 1 is 1.06 bits per heavy atom. The van der Waals surface area contributed by atoms with Crippen molar-refractivity contribution in [3.8, 4) is 0 Å². The molecule has 0 bridgehead atoms. The van der Waals surface area contributed by atoms with Crippen molar-refractivity contribution in [2.75, 3.05) is 22.5 Å². The summed E-state index contributed by atoms with van der Waals surface area (Å²) in [5, 5.41) is 2.75. The third kappa shape index (κ3) is 5.80. The van der Waals surface area contributed by atoms with Crippen molar-refractivity contribution in [3.05, 3.63) is 86.6 Å². The van der Waals surface area contributed by atoms with E-state index in [1.54, 1.807) is 24.3 Å². The quantitative estimate of drug-likeness (QED) is 0.396. The molecule has 3 rings (SSSR count). The maximum Gasteiger partial charge on any atom is 0.330 e. The van der Waals surface area contributed by atoms with Crippen LogP contribution in [0.1, 0.15) is 42.6 Å². The number of Topliss-reactive ketones (excluding diaryl/α,β-unsaturated/α-hetero) is 1. The molecule has 0 fully saturated rings. The van der Waals surface area contributed by atoms with Crippen molar-refractivity contribution in [1.29, 1.82) is 0 Å². The molecule has 0 aliphatic carbocycles. The largest absolute Gasteiger partial charge is 0.383 e. The van der Waals surface area contributed by atoms with Crippen molar-refractivity contribution >= 4 is 28.9 Å². The number of hydrogen-bond acceptors (Lipinski definition) is 6. The monoisotopic (exact) mass is 463 g/mol. The molecule has 2 aromatic carbocycles. The molecule has 9 nitrogen and oxygen atoms in total. The van der Waals surface area contributed by atoms with Crippen LogP contribution >= 0.6 is 0 Å². The van der Waals surface area contributed by atoms with Gasteiger partial charge in [-0.05, 0) is 31.0 Å². The third-order valence-electron chi connectivity index (χ3n) is 5.40. The maximum absolute atomic E-state index is 13.0. The number of unbranched alkanes of at least 4 members (excludes halogenated alkanes) is 1. The second kappa shape index (κ2) is 11.1. The summed E-state index contributed by atoms with van der Waals surface area (Å²) in [6.45, 7) is 3.75. The Morgan fingerprint density at radius 2 is 1.74 bits per heavy atom. The molecule has 9 heteroatoms. The molecule has 0 radical (unpaired) electrons. The van der Waals surface area contributed by atoms with E-state index in [1.165, 1.54) is 16.4 Å². The highest BCUT2D eigenvalue weighted by atomic mass is 16.2. The standard InChI is InChI=1S/C25H29N5O4/c1-3-4-14-30-23(26)22(24(33)28-25(30)34)29(15-18-10-6-5-7-11-18)16-21(32)27-20-13-9-8-12-19(20)17(2)31/h5-13H,3-4,14-16,26H2,1-2H3,(H,27,32)(H,28,33,34). The van der Waals surface area contributed by atoms with Crippen LogP contribution in [0.2, 0.25) is 0 Å². The lowest BCUT2D eigenvalue weighted by atomic mass is 10.1. The van der Waals surface area contributed by atoms with Crippen molar-refractivity contribution < 1.29 is 9.59 Å². The number of nitrogens with zero attached hydrogens (tertiary/aromatic N) is 2. The number of ketones is 1. The Hall–Kier alpha value is -4.14. The molecule has 0 saturated heterocycles. The number of anilines is 3. The van der Waals surface area contributed by atoms with Gasteiger partial charge in [-0.2, -0.15) is 0 Å². The minimum Gasteiger partial charge on any atom is -0.383 e. The first kappa shape index (κ1) is 24.5. The van der Waals surface area contributed by atoms with Gasteiger partial charge in [0.25, 0.3) is 5.56 Å². The summed E-state index contributed by atoms with van der Waals surface area (Å²) in [5.41, 5.74) is 6.72. The molecular formula is C25H29N5O4. The molecule has 3 aromatic rings. The van der Waals surface area contributed by atoms with E-state index in [0.717, 1.165) is 12.0 Å². The molecule has 0 aliphatic rings. The van der Waals surface area contributed by atoms with Crippen LogP contribution in [0.15, 0.2) is 64.2 Å². The number of nitrogens with one attached hydrogen (secondary N) is 2. The van der Waals surface area contributed by atoms with E-state index in [9.17, 15) is 19.2 Å². The molecule has 4 N–H and O–H groups in total. The number of rotatable bonds is 10. The van der Waals surface area contributed by atoms with Crippen LogP contribution in [0, 0.1) is 0 Å². The summed E-state index contributed by atoms with van der Waals surface area (Å²) >= 11 is 0. The fourth-order valence-electron chi connectivity index (χ4n) is 3.70. The number of nitrogens with two attached hydrogens (primary N) is 1. The van der Waals surface area contributed by atoms with Crippen molar-refractivity contribution in [1.82, 2.24) is 9.55 Å². The van der Waals surface area contributed by atoms with Crippen LogP contribution in [0.3, 0.4) is 0 Å². The molecule has 0 spiro atoms. The van der Waals surface area contributed by atoms with E-state index in [4.69, 9.17) is 5.73 Å². The van der Waals surface area contributed by atoms with Gasteiger partial charge >= 0.3 is 5.69 Å². The maximum atomic E-state index is 13.0. The van der Waals surface area contributed by atoms with Crippen LogP contribution < -0.4 is 27.2 Å².